The normalized spacial score (nSPS) is 16.8. The van der Waals surface area contributed by atoms with Crippen LogP contribution in [0, 0.1) is 0 Å². The summed E-state index contributed by atoms with van der Waals surface area (Å²) in [6.07, 6.45) is -0.0363. The third-order valence-corrected chi connectivity index (χ3v) is 2.46. The molecule has 1 aliphatic rings. The maximum Gasteiger partial charge on any atom is 0.229 e. The van der Waals surface area contributed by atoms with E-state index in [-0.39, 0.29) is 11.5 Å². The van der Waals surface area contributed by atoms with Gasteiger partial charge in [-0.05, 0) is 12.2 Å². The lowest BCUT2D eigenvalue weighted by molar-refractivity contribution is -0.114. The lowest BCUT2D eigenvalue weighted by Crippen LogP contribution is -2.31. The van der Waals surface area contributed by atoms with Crippen LogP contribution >= 0.6 is 12.2 Å². The van der Waals surface area contributed by atoms with E-state index in [1.165, 1.54) is 0 Å². The van der Waals surface area contributed by atoms with Gasteiger partial charge in [-0.25, -0.2) is 0 Å². The molecule has 0 amide bonds. The largest absolute Gasteiger partial charge is 0.375 e. The molecule has 1 aliphatic carbocycles. The number of thiocarbonyl (C=S) groups is 1. The molecule has 0 unspecified atom stereocenters. The first-order chi connectivity index (χ1) is 8.09. The summed E-state index contributed by atoms with van der Waals surface area (Å²) in [5, 5.41) is 3.95. The highest BCUT2D eigenvalue weighted by Gasteiger charge is 2.28. The first-order valence-electron chi connectivity index (χ1n) is 4.88. The van der Waals surface area contributed by atoms with Gasteiger partial charge in [0.05, 0.1) is 12.1 Å². The van der Waals surface area contributed by atoms with E-state index in [1.54, 1.807) is 24.3 Å². The standard InChI is InChI=1S/C11H9N3O2S/c12-11(17)14-13-8-5-9(15)10(16)7-4-2-1-3-6(7)8/h1-4H,5H2,(H3,12,14,17). The summed E-state index contributed by atoms with van der Waals surface area (Å²) in [5.41, 5.74) is 9.16. The van der Waals surface area contributed by atoms with E-state index >= 15 is 0 Å². The second kappa shape index (κ2) is 4.42. The highest BCUT2D eigenvalue weighted by Crippen LogP contribution is 2.19. The van der Waals surface area contributed by atoms with E-state index in [2.05, 4.69) is 22.7 Å². The third-order valence-electron chi connectivity index (χ3n) is 2.36. The van der Waals surface area contributed by atoms with Gasteiger partial charge in [0.15, 0.2) is 5.11 Å². The average Bonchev–Trinajstić information content (AvgIpc) is 2.32. The summed E-state index contributed by atoms with van der Waals surface area (Å²) in [6, 6.07) is 6.82. The Morgan fingerprint density at radius 1 is 1.29 bits per heavy atom. The first-order valence-corrected chi connectivity index (χ1v) is 5.29. The van der Waals surface area contributed by atoms with Crippen LogP contribution in [0.3, 0.4) is 0 Å². The van der Waals surface area contributed by atoms with E-state index < -0.39 is 11.6 Å². The van der Waals surface area contributed by atoms with Crippen LogP contribution in [0.1, 0.15) is 22.3 Å². The number of benzene rings is 1. The van der Waals surface area contributed by atoms with Crippen molar-refractivity contribution in [3.05, 3.63) is 35.4 Å². The quantitative estimate of drug-likeness (QED) is 0.426. The van der Waals surface area contributed by atoms with Gasteiger partial charge in [0.25, 0.3) is 0 Å². The van der Waals surface area contributed by atoms with Gasteiger partial charge in [0.2, 0.25) is 11.6 Å². The van der Waals surface area contributed by atoms with Crippen molar-refractivity contribution in [1.29, 1.82) is 0 Å². The number of nitrogens with zero attached hydrogens (tertiary/aromatic N) is 1. The number of nitrogens with one attached hydrogen (secondary N) is 1. The smallest absolute Gasteiger partial charge is 0.229 e. The molecule has 0 saturated carbocycles. The summed E-state index contributed by atoms with van der Waals surface area (Å²) in [5.74, 6) is -0.956. The molecule has 5 nitrogen and oxygen atoms in total. The fourth-order valence-electron chi connectivity index (χ4n) is 1.63. The van der Waals surface area contributed by atoms with E-state index in [0.717, 1.165) is 0 Å². The van der Waals surface area contributed by atoms with Crippen LogP contribution in [-0.4, -0.2) is 22.4 Å². The molecule has 3 N–H and O–H groups in total. The highest BCUT2D eigenvalue weighted by atomic mass is 32.1. The highest BCUT2D eigenvalue weighted by molar-refractivity contribution is 7.80. The molecule has 1 aromatic carbocycles. The van der Waals surface area contributed by atoms with Gasteiger partial charge in [0.1, 0.15) is 0 Å². The number of fused-ring (bicyclic) bond motifs is 1. The number of Topliss-reactive ketones (excluding diaryl/α,β-unsaturated/α-hetero) is 2. The van der Waals surface area contributed by atoms with Crippen LogP contribution in [0.5, 0.6) is 0 Å². The number of carbonyl (C=O) groups is 2. The van der Waals surface area contributed by atoms with E-state index in [4.69, 9.17) is 5.73 Å². The minimum Gasteiger partial charge on any atom is -0.375 e. The van der Waals surface area contributed by atoms with Crippen LogP contribution < -0.4 is 11.2 Å². The molecule has 86 valence electrons. The monoisotopic (exact) mass is 247 g/mol. The van der Waals surface area contributed by atoms with Crippen molar-refractivity contribution in [2.24, 2.45) is 10.8 Å². The Labute approximate surface area is 103 Å². The summed E-state index contributed by atoms with van der Waals surface area (Å²) >= 11 is 4.62. The Kier molecular flexibility index (Phi) is 2.97. The molecule has 0 aromatic heterocycles. The number of nitrogens with two attached hydrogens (primary N) is 1. The molecule has 2 rings (SSSR count). The van der Waals surface area contributed by atoms with Gasteiger partial charge in [0, 0.05) is 11.1 Å². The van der Waals surface area contributed by atoms with E-state index in [0.29, 0.717) is 16.8 Å². The molecule has 6 heteroatoms. The minimum atomic E-state index is -0.479. The molecule has 0 fully saturated rings. The Hall–Kier alpha value is -2.08. The number of hydrogen-bond donors (Lipinski definition) is 2. The second-order valence-electron chi connectivity index (χ2n) is 3.51. The zero-order chi connectivity index (χ0) is 12.4. The zero-order valence-corrected chi connectivity index (χ0v) is 9.58. The number of hydrazone groups is 1. The number of carbonyl (C=O) groups excluding carboxylic acids is 2. The molecule has 1 aromatic rings. The third kappa shape index (κ3) is 2.21. The average molecular weight is 247 g/mol. The van der Waals surface area contributed by atoms with Crippen LogP contribution in [0.25, 0.3) is 0 Å². The van der Waals surface area contributed by atoms with E-state index in [9.17, 15) is 9.59 Å². The maximum absolute atomic E-state index is 11.6. The fraction of sp³-hybridized carbons (Fsp3) is 0.0909. The zero-order valence-electron chi connectivity index (χ0n) is 8.77. The first kappa shape index (κ1) is 11.4. The van der Waals surface area contributed by atoms with Gasteiger partial charge < -0.3 is 5.73 Å². The topological polar surface area (TPSA) is 84.5 Å². The van der Waals surface area contributed by atoms with Crippen molar-refractivity contribution in [1.82, 2.24) is 5.43 Å². The molecule has 0 radical (unpaired) electrons. The summed E-state index contributed by atoms with van der Waals surface area (Å²) in [4.78, 5) is 23.1. The van der Waals surface area contributed by atoms with Crippen molar-refractivity contribution in [2.45, 2.75) is 6.42 Å². The van der Waals surface area contributed by atoms with Crippen molar-refractivity contribution in [3.8, 4) is 0 Å². The SMILES string of the molecule is NC(=S)NN=C1CC(=O)C(=O)c2ccccc21. The van der Waals surface area contributed by atoms with Crippen LogP contribution in [0.15, 0.2) is 29.4 Å². The van der Waals surface area contributed by atoms with Crippen molar-refractivity contribution >= 4 is 34.6 Å². The van der Waals surface area contributed by atoms with Gasteiger partial charge in [-0.2, -0.15) is 5.10 Å². The van der Waals surface area contributed by atoms with Crippen LogP contribution in [0.4, 0.5) is 0 Å². The molecule has 0 spiro atoms. The number of hydrogen-bond acceptors (Lipinski definition) is 4. The van der Waals surface area contributed by atoms with Crippen molar-refractivity contribution in [2.75, 3.05) is 0 Å². The van der Waals surface area contributed by atoms with Gasteiger partial charge >= 0.3 is 0 Å². The maximum atomic E-state index is 11.6. The lowest BCUT2D eigenvalue weighted by Gasteiger charge is -2.15. The Balaban J connectivity index is 2.47. The van der Waals surface area contributed by atoms with Gasteiger partial charge in [-0.15, -0.1) is 0 Å². The van der Waals surface area contributed by atoms with Crippen molar-refractivity contribution in [3.63, 3.8) is 0 Å². The summed E-state index contributed by atoms with van der Waals surface area (Å²) < 4.78 is 0. The fourth-order valence-corrected chi connectivity index (χ4v) is 1.68. The molecule has 0 atom stereocenters. The van der Waals surface area contributed by atoms with Crippen LogP contribution in [0.2, 0.25) is 0 Å². The number of ketones is 2. The Morgan fingerprint density at radius 2 is 1.94 bits per heavy atom. The Bertz CT molecular complexity index is 551. The summed E-state index contributed by atoms with van der Waals surface area (Å²) in [7, 11) is 0. The van der Waals surface area contributed by atoms with Gasteiger partial charge in [-0.3, -0.25) is 15.0 Å². The van der Waals surface area contributed by atoms with E-state index in [1.807, 2.05) is 0 Å². The second-order valence-corrected chi connectivity index (χ2v) is 3.95. The molecule has 17 heavy (non-hydrogen) atoms. The molecule has 0 heterocycles. The van der Waals surface area contributed by atoms with Crippen LogP contribution in [-0.2, 0) is 4.79 Å². The molecular formula is C11H9N3O2S. The molecule has 0 aliphatic heterocycles. The molecule has 0 bridgehead atoms. The number of rotatable bonds is 1. The Morgan fingerprint density at radius 3 is 2.59 bits per heavy atom. The lowest BCUT2D eigenvalue weighted by atomic mass is 9.88. The predicted octanol–water partition coefficient (Wildman–Crippen LogP) is 0.379. The molecular weight excluding hydrogens is 238 g/mol. The molecule has 0 saturated heterocycles. The predicted molar refractivity (Wildman–Crippen MR) is 66.9 cm³/mol. The summed E-state index contributed by atoms with van der Waals surface area (Å²) in [6.45, 7) is 0. The van der Waals surface area contributed by atoms with Gasteiger partial charge in [-0.1, -0.05) is 24.3 Å². The minimum absolute atomic E-state index is 0.0133. The van der Waals surface area contributed by atoms with Crippen molar-refractivity contribution < 1.29 is 9.59 Å².